The Kier molecular flexibility index (Phi) is 5.51. The zero-order valence-corrected chi connectivity index (χ0v) is 9.92. The van der Waals surface area contributed by atoms with Crippen LogP contribution in [0, 0.1) is 11.8 Å². The van der Waals surface area contributed by atoms with Gasteiger partial charge in [0.1, 0.15) is 0 Å². The van der Waals surface area contributed by atoms with E-state index in [1.807, 2.05) is 0 Å². The second kappa shape index (κ2) is 5.84. The molecule has 0 unspecified atom stereocenters. The van der Waals surface area contributed by atoms with Crippen molar-refractivity contribution < 1.29 is 9.90 Å². The molecule has 0 fully saturated rings. The molecule has 82 valence electrons. The van der Waals surface area contributed by atoms with E-state index in [1.54, 1.807) is 6.92 Å². The zero-order chi connectivity index (χ0) is 11.3. The molecule has 0 atom stereocenters. The maximum absolute atomic E-state index is 10.8. The lowest BCUT2D eigenvalue weighted by Crippen LogP contribution is -2.06. The Balaban J connectivity index is 4.70. The van der Waals surface area contributed by atoms with Crippen LogP contribution in [-0.2, 0) is 4.79 Å². The van der Waals surface area contributed by atoms with Crippen molar-refractivity contribution in [1.29, 1.82) is 0 Å². The van der Waals surface area contributed by atoms with E-state index in [1.165, 1.54) is 0 Å². The highest BCUT2D eigenvalue weighted by Crippen LogP contribution is 2.22. The van der Waals surface area contributed by atoms with E-state index in [4.69, 9.17) is 5.11 Å². The summed E-state index contributed by atoms with van der Waals surface area (Å²) in [5.41, 5.74) is 1.63. The molecule has 0 heterocycles. The molecule has 0 bridgehead atoms. The average molecular weight is 198 g/mol. The summed E-state index contributed by atoms with van der Waals surface area (Å²) in [5, 5.41) is 8.92. The van der Waals surface area contributed by atoms with Crippen molar-refractivity contribution in [3.05, 3.63) is 11.1 Å². The molecule has 0 aliphatic rings. The molecule has 1 N–H and O–H groups in total. The Hall–Kier alpha value is -0.790. The van der Waals surface area contributed by atoms with Crippen LogP contribution in [0.5, 0.6) is 0 Å². The molecule has 14 heavy (non-hydrogen) atoms. The molecule has 0 aliphatic heterocycles. The van der Waals surface area contributed by atoms with Crippen molar-refractivity contribution in [3.8, 4) is 0 Å². The number of carbonyl (C=O) groups is 1. The van der Waals surface area contributed by atoms with Crippen LogP contribution in [0.25, 0.3) is 0 Å². The fourth-order valence-corrected chi connectivity index (χ4v) is 1.53. The van der Waals surface area contributed by atoms with Crippen molar-refractivity contribution in [2.24, 2.45) is 11.8 Å². The normalized spacial score (nSPS) is 10.8. The topological polar surface area (TPSA) is 37.3 Å². The number of hydrogen-bond donors (Lipinski definition) is 1. The van der Waals surface area contributed by atoms with Crippen LogP contribution in [0.3, 0.4) is 0 Å². The number of allylic oxidation sites excluding steroid dienone is 1. The first kappa shape index (κ1) is 13.2. The summed E-state index contributed by atoms with van der Waals surface area (Å²) in [6, 6.07) is 0. The third-order valence-electron chi connectivity index (χ3n) is 2.16. The molecule has 0 saturated carbocycles. The molecule has 0 radical (unpaired) electrons. The summed E-state index contributed by atoms with van der Waals surface area (Å²) < 4.78 is 0. The molecular formula is C12H22O2. The Morgan fingerprint density at radius 1 is 1.07 bits per heavy atom. The van der Waals surface area contributed by atoms with Crippen molar-refractivity contribution in [2.45, 2.75) is 47.5 Å². The summed E-state index contributed by atoms with van der Waals surface area (Å²) in [7, 11) is 0. The van der Waals surface area contributed by atoms with Gasteiger partial charge in [0.15, 0.2) is 0 Å². The van der Waals surface area contributed by atoms with Crippen LogP contribution >= 0.6 is 0 Å². The highest BCUT2D eigenvalue weighted by atomic mass is 16.4. The molecule has 0 saturated heterocycles. The van der Waals surface area contributed by atoms with Crippen LogP contribution in [0.1, 0.15) is 47.5 Å². The van der Waals surface area contributed by atoms with E-state index < -0.39 is 5.97 Å². The van der Waals surface area contributed by atoms with Crippen LogP contribution in [-0.4, -0.2) is 11.1 Å². The molecule has 0 rings (SSSR count). The molecule has 2 heteroatoms. The number of aliphatic carboxylic acids is 1. The minimum absolute atomic E-state index is 0.526. The van der Waals surface area contributed by atoms with Gasteiger partial charge in [0, 0.05) is 5.57 Å². The third-order valence-corrected chi connectivity index (χ3v) is 2.16. The first-order valence-corrected chi connectivity index (χ1v) is 5.26. The van der Waals surface area contributed by atoms with Crippen LogP contribution in [0.4, 0.5) is 0 Å². The van der Waals surface area contributed by atoms with E-state index in [0.29, 0.717) is 17.4 Å². The van der Waals surface area contributed by atoms with Gasteiger partial charge in [-0.3, -0.25) is 0 Å². The molecular weight excluding hydrogens is 176 g/mol. The van der Waals surface area contributed by atoms with Gasteiger partial charge in [-0.05, 0) is 31.6 Å². The van der Waals surface area contributed by atoms with E-state index >= 15 is 0 Å². The number of rotatable bonds is 5. The Morgan fingerprint density at radius 2 is 1.43 bits per heavy atom. The monoisotopic (exact) mass is 198 g/mol. The molecule has 0 aromatic carbocycles. The summed E-state index contributed by atoms with van der Waals surface area (Å²) in [5.74, 6) is 0.275. The minimum Gasteiger partial charge on any atom is -0.478 e. The molecule has 0 aromatic heterocycles. The quantitative estimate of drug-likeness (QED) is 0.687. The lowest BCUT2D eigenvalue weighted by Gasteiger charge is -2.14. The van der Waals surface area contributed by atoms with Crippen molar-refractivity contribution >= 4 is 5.97 Å². The zero-order valence-electron chi connectivity index (χ0n) is 9.92. The summed E-state index contributed by atoms with van der Waals surface area (Å²) >= 11 is 0. The van der Waals surface area contributed by atoms with Crippen molar-refractivity contribution in [1.82, 2.24) is 0 Å². The average Bonchev–Trinajstić information content (AvgIpc) is 1.99. The third kappa shape index (κ3) is 5.05. The SMILES string of the molecule is CC(C(=O)O)=C(CC(C)C)CC(C)C. The van der Waals surface area contributed by atoms with E-state index in [0.717, 1.165) is 18.4 Å². The van der Waals surface area contributed by atoms with Gasteiger partial charge in [-0.25, -0.2) is 4.79 Å². The predicted octanol–water partition coefficient (Wildman–Crippen LogP) is 3.48. The predicted molar refractivity (Wildman–Crippen MR) is 59.2 cm³/mol. The van der Waals surface area contributed by atoms with Gasteiger partial charge < -0.3 is 5.11 Å². The summed E-state index contributed by atoms with van der Waals surface area (Å²) in [6.45, 7) is 10.2. The van der Waals surface area contributed by atoms with E-state index in [-0.39, 0.29) is 0 Å². The van der Waals surface area contributed by atoms with Gasteiger partial charge in [-0.15, -0.1) is 0 Å². The Morgan fingerprint density at radius 3 is 1.64 bits per heavy atom. The summed E-state index contributed by atoms with van der Waals surface area (Å²) in [4.78, 5) is 10.8. The van der Waals surface area contributed by atoms with Crippen LogP contribution in [0.2, 0.25) is 0 Å². The summed E-state index contributed by atoms with van der Waals surface area (Å²) in [6.07, 6.45) is 1.80. The maximum atomic E-state index is 10.8. The minimum atomic E-state index is -0.777. The van der Waals surface area contributed by atoms with Gasteiger partial charge in [0.05, 0.1) is 0 Å². The fourth-order valence-electron chi connectivity index (χ4n) is 1.53. The smallest absolute Gasteiger partial charge is 0.331 e. The van der Waals surface area contributed by atoms with Crippen LogP contribution in [0.15, 0.2) is 11.1 Å². The Bertz CT molecular complexity index is 212. The first-order valence-electron chi connectivity index (χ1n) is 5.26. The second-order valence-electron chi connectivity index (χ2n) is 4.73. The van der Waals surface area contributed by atoms with Gasteiger partial charge in [0.2, 0.25) is 0 Å². The highest BCUT2D eigenvalue weighted by Gasteiger charge is 2.12. The number of carboxylic acids is 1. The number of hydrogen-bond acceptors (Lipinski definition) is 1. The largest absolute Gasteiger partial charge is 0.478 e. The molecule has 0 spiro atoms. The van der Waals surface area contributed by atoms with Gasteiger partial charge in [0.25, 0.3) is 0 Å². The molecule has 0 amide bonds. The van der Waals surface area contributed by atoms with E-state index in [9.17, 15) is 4.79 Å². The Labute approximate surface area is 87.0 Å². The van der Waals surface area contributed by atoms with Crippen molar-refractivity contribution in [3.63, 3.8) is 0 Å². The molecule has 2 nitrogen and oxygen atoms in total. The van der Waals surface area contributed by atoms with Gasteiger partial charge in [-0.1, -0.05) is 33.3 Å². The lowest BCUT2D eigenvalue weighted by molar-refractivity contribution is -0.132. The van der Waals surface area contributed by atoms with Gasteiger partial charge in [-0.2, -0.15) is 0 Å². The highest BCUT2D eigenvalue weighted by molar-refractivity contribution is 5.86. The first-order chi connectivity index (χ1) is 6.34. The standard InChI is InChI=1S/C12H22O2/c1-8(2)6-11(7-9(3)4)10(5)12(13)14/h8-9H,6-7H2,1-5H3,(H,13,14). The maximum Gasteiger partial charge on any atom is 0.331 e. The van der Waals surface area contributed by atoms with Crippen LogP contribution < -0.4 is 0 Å². The van der Waals surface area contributed by atoms with Gasteiger partial charge >= 0.3 is 5.97 Å². The molecule has 0 aromatic rings. The second-order valence-corrected chi connectivity index (χ2v) is 4.73. The van der Waals surface area contributed by atoms with E-state index in [2.05, 4.69) is 27.7 Å². The molecule has 0 aliphatic carbocycles. The van der Waals surface area contributed by atoms with Crippen molar-refractivity contribution in [2.75, 3.05) is 0 Å². The lowest BCUT2D eigenvalue weighted by atomic mass is 9.91. The number of carboxylic acid groups (broad SMARTS) is 1. The fraction of sp³-hybridized carbons (Fsp3) is 0.750.